The van der Waals surface area contributed by atoms with E-state index in [4.69, 9.17) is 5.73 Å². The number of hydrogen-bond acceptors (Lipinski definition) is 2. The minimum Gasteiger partial charge on any atom is -0.332 e. The van der Waals surface area contributed by atoms with Crippen LogP contribution in [-0.4, -0.2) is 36.6 Å². The van der Waals surface area contributed by atoms with Crippen LogP contribution in [0.4, 0.5) is 13.2 Å². The zero-order valence-corrected chi connectivity index (χ0v) is 9.09. The summed E-state index contributed by atoms with van der Waals surface area (Å²) in [5.41, 5.74) is 5.20. The third kappa shape index (κ3) is 4.38. The third-order valence-electron chi connectivity index (χ3n) is 2.81. The van der Waals surface area contributed by atoms with Gasteiger partial charge in [0.15, 0.2) is 0 Å². The summed E-state index contributed by atoms with van der Waals surface area (Å²) in [6.45, 7) is -1.15. The number of nitrogens with two attached hydrogens (primary N) is 1. The van der Waals surface area contributed by atoms with Gasteiger partial charge in [0.25, 0.3) is 0 Å². The topological polar surface area (TPSA) is 46.3 Å². The van der Waals surface area contributed by atoms with Crippen molar-refractivity contribution in [2.75, 3.05) is 19.6 Å². The molecule has 0 aliphatic heterocycles. The molecule has 0 saturated heterocycles. The molecule has 0 heterocycles. The first-order valence-corrected chi connectivity index (χ1v) is 5.47. The van der Waals surface area contributed by atoms with Gasteiger partial charge in [0.2, 0.25) is 5.91 Å². The molecule has 16 heavy (non-hydrogen) atoms. The van der Waals surface area contributed by atoms with E-state index in [1.807, 2.05) is 0 Å². The van der Waals surface area contributed by atoms with Crippen LogP contribution in [0, 0.1) is 5.92 Å². The van der Waals surface area contributed by atoms with Crippen LogP contribution >= 0.6 is 0 Å². The minimum atomic E-state index is -4.34. The lowest BCUT2D eigenvalue weighted by Crippen LogP contribution is -2.42. The lowest BCUT2D eigenvalue weighted by Gasteiger charge is -2.29. The molecule has 0 aromatic rings. The Kier molecular flexibility index (Phi) is 4.58. The summed E-state index contributed by atoms with van der Waals surface area (Å²) in [4.78, 5) is 12.4. The van der Waals surface area contributed by atoms with Gasteiger partial charge < -0.3 is 10.6 Å². The van der Waals surface area contributed by atoms with Crippen molar-refractivity contribution in [2.24, 2.45) is 11.7 Å². The summed E-state index contributed by atoms with van der Waals surface area (Å²) in [5.74, 6) is -0.145. The van der Waals surface area contributed by atoms with Crippen molar-refractivity contribution in [1.29, 1.82) is 0 Å². The molecule has 0 bridgehead atoms. The maximum atomic E-state index is 12.2. The monoisotopic (exact) mass is 238 g/mol. The Balaban J connectivity index is 2.43. The van der Waals surface area contributed by atoms with E-state index in [2.05, 4.69) is 0 Å². The normalized spacial score (nSPS) is 17.0. The highest BCUT2D eigenvalue weighted by Gasteiger charge is 2.33. The maximum absolute atomic E-state index is 12.2. The van der Waals surface area contributed by atoms with E-state index in [9.17, 15) is 18.0 Å². The quantitative estimate of drug-likeness (QED) is 0.789. The van der Waals surface area contributed by atoms with E-state index < -0.39 is 18.6 Å². The molecule has 2 N–H and O–H groups in total. The summed E-state index contributed by atoms with van der Waals surface area (Å²) < 4.78 is 36.6. The molecule has 6 heteroatoms. The van der Waals surface area contributed by atoms with Gasteiger partial charge in [-0.15, -0.1) is 0 Å². The second-order valence-electron chi connectivity index (χ2n) is 4.22. The molecule has 0 spiro atoms. The number of carbonyl (C=O) groups is 1. The molecule has 1 rings (SSSR count). The molecular formula is C10H17F3N2O. The van der Waals surface area contributed by atoms with E-state index in [-0.39, 0.29) is 25.4 Å². The molecule has 1 saturated carbocycles. The zero-order chi connectivity index (χ0) is 12.2. The van der Waals surface area contributed by atoms with Gasteiger partial charge in [0.05, 0.1) is 0 Å². The number of nitrogens with zero attached hydrogens (tertiary/aromatic N) is 1. The van der Waals surface area contributed by atoms with Crippen LogP contribution in [0.2, 0.25) is 0 Å². The van der Waals surface area contributed by atoms with Gasteiger partial charge in [0, 0.05) is 19.5 Å². The highest BCUT2D eigenvalue weighted by molar-refractivity contribution is 5.76. The predicted octanol–water partition coefficient (Wildman–Crippen LogP) is 1.53. The van der Waals surface area contributed by atoms with Crippen LogP contribution in [0.3, 0.4) is 0 Å². The standard InChI is InChI=1S/C10H17F3N2O/c11-10(12,13)7-15(5-4-14)9(16)6-8-2-1-3-8/h8H,1-7,14H2. The molecular weight excluding hydrogens is 221 g/mol. The van der Waals surface area contributed by atoms with E-state index in [0.29, 0.717) is 0 Å². The van der Waals surface area contributed by atoms with Crippen LogP contribution in [0.15, 0.2) is 0 Å². The zero-order valence-electron chi connectivity index (χ0n) is 9.09. The third-order valence-corrected chi connectivity index (χ3v) is 2.81. The van der Waals surface area contributed by atoms with Gasteiger partial charge in [-0.25, -0.2) is 0 Å². The van der Waals surface area contributed by atoms with Crippen molar-refractivity contribution >= 4 is 5.91 Å². The molecule has 1 aliphatic rings. The summed E-state index contributed by atoms with van der Waals surface area (Å²) in [7, 11) is 0. The fourth-order valence-electron chi connectivity index (χ4n) is 1.74. The SMILES string of the molecule is NCCN(CC(F)(F)F)C(=O)CC1CCC1. The first-order chi connectivity index (χ1) is 7.42. The van der Waals surface area contributed by atoms with Crippen LogP contribution < -0.4 is 5.73 Å². The Labute approximate surface area is 92.8 Å². The first kappa shape index (κ1) is 13.3. The van der Waals surface area contributed by atoms with E-state index in [0.717, 1.165) is 24.2 Å². The molecule has 1 amide bonds. The summed E-state index contributed by atoms with van der Waals surface area (Å²) >= 11 is 0. The molecule has 0 aromatic carbocycles. The average molecular weight is 238 g/mol. The van der Waals surface area contributed by atoms with Gasteiger partial charge >= 0.3 is 6.18 Å². The summed E-state index contributed by atoms with van der Waals surface area (Å²) in [5, 5.41) is 0. The van der Waals surface area contributed by atoms with Crippen molar-refractivity contribution in [2.45, 2.75) is 31.9 Å². The molecule has 0 atom stereocenters. The lowest BCUT2D eigenvalue weighted by atomic mass is 9.82. The summed E-state index contributed by atoms with van der Waals surface area (Å²) in [6.07, 6.45) is -1.13. The second kappa shape index (κ2) is 5.52. The van der Waals surface area contributed by atoms with E-state index >= 15 is 0 Å². The van der Waals surface area contributed by atoms with Crippen LogP contribution in [0.5, 0.6) is 0 Å². The van der Waals surface area contributed by atoms with Gasteiger partial charge in [-0.3, -0.25) is 4.79 Å². The predicted molar refractivity (Wildman–Crippen MR) is 53.6 cm³/mol. The van der Waals surface area contributed by atoms with Crippen LogP contribution in [0.25, 0.3) is 0 Å². The Hall–Kier alpha value is -0.780. The van der Waals surface area contributed by atoms with E-state index in [1.165, 1.54) is 0 Å². The Morgan fingerprint density at radius 1 is 1.38 bits per heavy atom. The highest BCUT2D eigenvalue weighted by Crippen LogP contribution is 2.30. The number of amides is 1. The van der Waals surface area contributed by atoms with Crippen molar-refractivity contribution in [3.05, 3.63) is 0 Å². The Morgan fingerprint density at radius 2 is 2.00 bits per heavy atom. The first-order valence-electron chi connectivity index (χ1n) is 5.47. The molecule has 94 valence electrons. The van der Waals surface area contributed by atoms with E-state index in [1.54, 1.807) is 0 Å². The Bertz CT molecular complexity index is 239. The van der Waals surface area contributed by atoms with Crippen molar-refractivity contribution in [3.63, 3.8) is 0 Å². The van der Waals surface area contributed by atoms with Crippen molar-refractivity contribution < 1.29 is 18.0 Å². The lowest BCUT2D eigenvalue weighted by molar-refractivity contribution is -0.161. The van der Waals surface area contributed by atoms with Gasteiger partial charge in [0.1, 0.15) is 6.54 Å². The Morgan fingerprint density at radius 3 is 2.38 bits per heavy atom. The average Bonchev–Trinajstić information content (AvgIpc) is 2.08. The number of carbonyl (C=O) groups excluding carboxylic acids is 1. The largest absolute Gasteiger partial charge is 0.406 e. The minimum absolute atomic E-state index is 0.0228. The van der Waals surface area contributed by atoms with Gasteiger partial charge in [-0.2, -0.15) is 13.2 Å². The second-order valence-corrected chi connectivity index (χ2v) is 4.22. The van der Waals surface area contributed by atoms with Crippen molar-refractivity contribution in [3.8, 4) is 0 Å². The fourth-order valence-corrected chi connectivity index (χ4v) is 1.74. The summed E-state index contributed by atoms with van der Waals surface area (Å²) in [6, 6.07) is 0. The van der Waals surface area contributed by atoms with Crippen LogP contribution in [0.1, 0.15) is 25.7 Å². The molecule has 3 nitrogen and oxygen atoms in total. The highest BCUT2D eigenvalue weighted by atomic mass is 19.4. The molecule has 1 fully saturated rings. The molecule has 0 aromatic heterocycles. The fraction of sp³-hybridized carbons (Fsp3) is 0.900. The molecule has 0 unspecified atom stereocenters. The molecule has 0 radical (unpaired) electrons. The van der Waals surface area contributed by atoms with Gasteiger partial charge in [-0.1, -0.05) is 6.42 Å². The molecule has 1 aliphatic carbocycles. The van der Waals surface area contributed by atoms with Crippen LogP contribution in [-0.2, 0) is 4.79 Å². The number of rotatable bonds is 5. The number of hydrogen-bond donors (Lipinski definition) is 1. The smallest absolute Gasteiger partial charge is 0.332 e. The maximum Gasteiger partial charge on any atom is 0.406 e. The van der Waals surface area contributed by atoms with Crippen molar-refractivity contribution in [1.82, 2.24) is 4.90 Å². The van der Waals surface area contributed by atoms with Gasteiger partial charge in [-0.05, 0) is 18.8 Å². The number of alkyl halides is 3. The number of halogens is 3.